The Balaban J connectivity index is 1.78. The second-order valence-corrected chi connectivity index (χ2v) is 6.41. The molecule has 2 N–H and O–H groups in total. The zero-order chi connectivity index (χ0) is 17.1. The Labute approximate surface area is 143 Å². The van der Waals surface area contributed by atoms with Gasteiger partial charge in [0, 0.05) is 17.8 Å². The Morgan fingerprint density at radius 3 is 2.54 bits per heavy atom. The number of nitrogens with zero attached hydrogens (tertiary/aromatic N) is 1. The third kappa shape index (κ3) is 3.44. The summed E-state index contributed by atoms with van der Waals surface area (Å²) in [6, 6.07) is 13.5. The Morgan fingerprint density at radius 1 is 1.08 bits per heavy atom. The van der Waals surface area contributed by atoms with Gasteiger partial charge in [-0.25, -0.2) is 4.98 Å². The van der Waals surface area contributed by atoms with Crippen molar-refractivity contribution in [2.45, 2.75) is 13.8 Å². The van der Waals surface area contributed by atoms with Crippen molar-refractivity contribution in [3.63, 3.8) is 0 Å². The first-order chi connectivity index (χ1) is 11.6. The van der Waals surface area contributed by atoms with Crippen LogP contribution >= 0.6 is 11.3 Å². The Hall–Kier alpha value is -2.73. The van der Waals surface area contributed by atoms with Crippen molar-refractivity contribution in [2.24, 2.45) is 0 Å². The number of nitrogens with one attached hydrogen (secondary N) is 2. The Kier molecular flexibility index (Phi) is 4.57. The second-order valence-electron chi connectivity index (χ2n) is 5.38. The lowest BCUT2D eigenvalue weighted by Gasteiger charge is -2.05. The molecule has 0 spiro atoms. The van der Waals surface area contributed by atoms with E-state index in [1.807, 2.05) is 24.3 Å². The quantitative estimate of drug-likeness (QED) is 0.719. The van der Waals surface area contributed by atoms with Crippen LogP contribution in [0.25, 0.3) is 20.8 Å². The van der Waals surface area contributed by atoms with E-state index >= 15 is 0 Å². The first-order valence-electron chi connectivity index (χ1n) is 7.63. The van der Waals surface area contributed by atoms with Crippen LogP contribution in [0.15, 0.2) is 42.5 Å². The fraction of sp³-hybridized carbons (Fsp3) is 0.167. The fourth-order valence-corrected chi connectivity index (χ4v) is 3.35. The van der Waals surface area contributed by atoms with Crippen LogP contribution in [0.4, 0.5) is 5.69 Å². The van der Waals surface area contributed by atoms with Crippen LogP contribution in [-0.4, -0.2) is 23.3 Å². The third-order valence-electron chi connectivity index (χ3n) is 3.48. The summed E-state index contributed by atoms with van der Waals surface area (Å²) in [5, 5.41) is 5.96. The number of thiazole rings is 1. The summed E-state index contributed by atoms with van der Waals surface area (Å²) in [4.78, 5) is 27.7. The topological polar surface area (TPSA) is 71.1 Å². The first-order valence-corrected chi connectivity index (χ1v) is 8.45. The number of hydrogen-bond donors (Lipinski definition) is 2. The molecule has 2 aromatic carbocycles. The van der Waals surface area contributed by atoms with Crippen molar-refractivity contribution < 1.29 is 9.59 Å². The summed E-state index contributed by atoms with van der Waals surface area (Å²) >= 11 is 1.63. The predicted octanol–water partition coefficient (Wildman–Crippen LogP) is 3.35. The van der Waals surface area contributed by atoms with E-state index in [1.54, 1.807) is 30.4 Å². The van der Waals surface area contributed by atoms with E-state index in [1.165, 1.54) is 5.56 Å². The van der Waals surface area contributed by atoms with Crippen LogP contribution in [0.2, 0.25) is 0 Å². The summed E-state index contributed by atoms with van der Waals surface area (Å²) in [5.74, 6) is -1.30. The molecule has 0 atom stereocenters. The fourth-order valence-electron chi connectivity index (χ4n) is 2.28. The molecule has 0 fully saturated rings. The number of benzene rings is 2. The molecule has 2 amide bonds. The van der Waals surface area contributed by atoms with Gasteiger partial charge in [-0.3, -0.25) is 9.59 Å². The van der Waals surface area contributed by atoms with Gasteiger partial charge < -0.3 is 10.6 Å². The summed E-state index contributed by atoms with van der Waals surface area (Å²) < 4.78 is 1.15. The van der Waals surface area contributed by atoms with Crippen LogP contribution < -0.4 is 10.6 Å². The Bertz CT molecular complexity index is 900. The molecule has 6 heteroatoms. The highest BCUT2D eigenvalue weighted by atomic mass is 32.1. The molecule has 24 heavy (non-hydrogen) atoms. The predicted molar refractivity (Wildman–Crippen MR) is 97.1 cm³/mol. The van der Waals surface area contributed by atoms with Crippen molar-refractivity contribution in [3.05, 3.63) is 48.0 Å². The maximum atomic E-state index is 11.7. The van der Waals surface area contributed by atoms with E-state index in [0.717, 1.165) is 20.8 Å². The minimum Gasteiger partial charge on any atom is -0.348 e. The van der Waals surface area contributed by atoms with Crippen molar-refractivity contribution in [3.8, 4) is 10.6 Å². The number of carbonyl (C=O) groups excluding carboxylic acids is 2. The van der Waals surface area contributed by atoms with Crippen LogP contribution in [0, 0.1) is 6.92 Å². The summed E-state index contributed by atoms with van der Waals surface area (Å²) in [6.07, 6.45) is 0. The molecule has 0 unspecified atom stereocenters. The lowest BCUT2D eigenvalue weighted by atomic mass is 10.2. The van der Waals surface area contributed by atoms with Gasteiger partial charge in [-0.05, 0) is 55.8 Å². The summed E-state index contributed by atoms with van der Waals surface area (Å²) in [7, 11) is 0. The van der Waals surface area contributed by atoms with Gasteiger partial charge in [-0.1, -0.05) is 6.07 Å². The van der Waals surface area contributed by atoms with E-state index < -0.39 is 11.8 Å². The van der Waals surface area contributed by atoms with Crippen molar-refractivity contribution in [1.29, 1.82) is 0 Å². The summed E-state index contributed by atoms with van der Waals surface area (Å²) in [5.41, 5.74) is 3.74. The zero-order valence-corrected chi connectivity index (χ0v) is 14.2. The average molecular weight is 339 g/mol. The number of amides is 2. The van der Waals surface area contributed by atoms with Crippen molar-refractivity contribution >= 4 is 39.1 Å². The van der Waals surface area contributed by atoms with E-state index in [9.17, 15) is 9.59 Å². The van der Waals surface area contributed by atoms with Gasteiger partial charge in [0.15, 0.2) is 0 Å². The first kappa shape index (κ1) is 16.1. The third-order valence-corrected chi connectivity index (χ3v) is 4.54. The minimum absolute atomic E-state index is 0.419. The highest BCUT2D eigenvalue weighted by molar-refractivity contribution is 7.21. The summed E-state index contributed by atoms with van der Waals surface area (Å²) in [6.45, 7) is 4.24. The largest absolute Gasteiger partial charge is 0.348 e. The van der Waals surface area contributed by atoms with Gasteiger partial charge in [-0.15, -0.1) is 11.3 Å². The molecule has 3 rings (SSSR count). The van der Waals surface area contributed by atoms with Gasteiger partial charge in [-0.2, -0.15) is 0 Å². The minimum atomic E-state index is -0.667. The normalized spacial score (nSPS) is 10.6. The number of carbonyl (C=O) groups is 2. The molecular formula is C18H17N3O2S. The van der Waals surface area contributed by atoms with Gasteiger partial charge >= 0.3 is 11.8 Å². The molecule has 5 nitrogen and oxygen atoms in total. The molecule has 0 saturated heterocycles. The average Bonchev–Trinajstić information content (AvgIpc) is 2.98. The molecule has 3 aromatic rings. The highest BCUT2D eigenvalue weighted by Crippen LogP contribution is 2.31. The molecule has 122 valence electrons. The van der Waals surface area contributed by atoms with Crippen LogP contribution in [0.1, 0.15) is 12.5 Å². The standard InChI is InChI=1S/C18H17N3O2S/c1-3-19-16(22)17(23)20-13-7-5-12(6-8-13)18-21-14-9-4-11(2)10-15(14)24-18/h4-10H,3H2,1-2H3,(H,19,22)(H,20,23). The van der Waals surface area contributed by atoms with E-state index in [4.69, 9.17) is 0 Å². The van der Waals surface area contributed by atoms with Gasteiger partial charge in [0.2, 0.25) is 0 Å². The van der Waals surface area contributed by atoms with E-state index in [2.05, 4.69) is 28.6 Å². The number of aryl methyl sites for hydroxylation is 1. The smallest absolute Gasteiger partial charge is 0.313 e. The number of fused-ring (bicyclic) bond motifs is 1. The molecule has 1 heterocycles. The van der Waals surface area contributed by atoms with Crippen molar-refractivity contribution in [1.82, 2.24) is 10.3 Å². The number of hydrogen-bond acceptors (Lipinski definition) is 4. The van der Waals surface area contributed by atoms with Crippen LogP contribution in [-0.2, 0) is 9.59 Å². The number of likely N-dealkylation sites (N-methyl/N-ethyl adjacent to an activating group) is 1. The lowest BCUT2D eigenvalue weighted by Crippen LogP contribution is -2.35. The molecule has 1 aromatic heterocycles. The Morgan fingerprint density at radius 2 is 1.83 bits per heavy atom. The van der Waals surface area contributed by atoms with Crippen LogP contribution in [0.5, 0.6) is 0 Å². The SMILES string of the molecule is CCNC(=O)C(=O)Nc1ccc(-c2nc3ccc(C)cc3s2)cc1. The van der Waals surface area contributed by atoms with Gasteiger partial charge in [0.25, 0.3) is 0 Å². The molecule has 0 aliphatic rings. The number of rotatable bonds is 3. The maximum absolute atomic E-state index is 11.7. The molecule has 0 saturated carbocycles. The van der Waals surface area contributed by atoms with E-state index in [0.29, 0.717) is 12.2 Å². The van der Waals surface area contributed by atoms with Gasteiger partial charge in [0.1, 0.15) is 5.01 Å². The molecule has 0 radical (unpaired) electrons. The zero-order valence-electron chi connectivity index (χ0n) is 13.4. The lowest BCUT2D eigenvalue weighted by molar-refractivity contribution is -0.136. The van der Waals surface area contributed by atoms with Crippen molar-refractivity contribution in [2.75, 3.05) is 11.9 Å². The van der Waals surface area contributed by atoms with Gasteiger partial charge in [0.05, 0.1) is 10.2 Å². The second kappa shape index (κ2) is 6.80. The maximum Gasteiger partial charge on any atom is 0.313 e. The molecule has 0 aliphatic carbocycles. The highest BCUT2D eigenvalue weighted by Gasteiger charge is 2.12. The molecule has 0 bridgehead atoms. The molecular weight excluding hydrogens is 322 g/mol. The number of aromatic nitrogens is 1. The monoisotopic (exact) mass is 339 g/mol. The van der Waals surface area contributed by atoms with Crippen LogP contribution in [0.3, 0.4) is 0 Å². The number of anilines is 1. The molecule has 0 aliphatic heterocycles. The van der Waals surface area contributed by atoms with E-state index in [-0.39, 0.29) is 0 Å².